The minimum Gasteiger partial charge on any atom is -0.493 e. The van der Waals surface area contributed by atoms with Gasteiger partial charge in [0.15, 0.2) is 17.5 Å². The Bertz CT molecular complexity index is 921. The lowest BCUT2D eigenvalue weighted by Gasteiger charge is -2.29. The molecular weight excluding hydrogens is 402 g/mol. The second kappa shape index (κ2) is 10.9. The first-order chi connectivity index (χ1) is 15.0. The Morgan fingerprint density at radius 2 is 1.81 bits per heavy atom. The van der Waals surface area contributed by atoms with Gasteiger partial charge in [-0.15, -0.1) is 0 Å². The van der Waals surface area contributed by atoms with Crippen LogP contribution in [0, 0.1) is 11.6 Å². The number of rotatable bonds is 8. The number of methoxy groups -OCH3 is 2. The van der Waals surface area contributed by atoms with Crippen molar-refractivity contribution < 1.29 is 18.3 Å². The van der Waals surface area contributed by atoms with Crippen molar-refractivity contribution in [1.29, 1.82) is 0 Å². The molecule has 1 aliphatic heterocycles. The molecule has 6 nitrogen and oxygen atoms in total. The van der Waals surface area contributed by atoms with Crippen LogP contribution >= 0.6 is 0 Å². The molecule has 2 aromatic carbocycles. The normalized spacial score (nSPS) is 14.2. The number of nitrogens with one attached hydrogen (secondary N) is 2. The van der Waals surface area contributed by atoms with E-state index < -0.39 is 11.6 Å². The van der Waals surface area contributed by atoms with Crippen LogP contribution in [0.4, 0.5) is 8.78 Å². The summed E-state index contributed by atoms with van der Waals surface area (Å²) in [5.74, 6) is 1.16. The number of halogens is 2. The van der Waals surface area contributed by atoms with Gasteiger partial charge in [0.1, 0.15) is 11.6 Å². The number of aliphatic imine (C=N–C) groups is 1. The summed E-state index contributed by atoms with van der Waals surface area (Å²) in [6, 6.07) is 7.52. The van der Waals surface area contributed by atoms with E-state index in [1.807, 2.05) is 13.0 Å². The van der Waals surface area contributed by atoms with E-state index in [1.54, 1.807) is 14.2 Å². The third-order valence-electron chi connectivity index (χ3n) is 5.28. The van der Waals surface area contributed by atoms with E-state index in [1.165, 1.54) is 17.2 Å². The maximum Gasteiger partial charge on any atom is 0.191 e. The van der Waals surface area contributed by atoms with Crippen LogP contribution in [0.5, 0.6) is 11.5 Å². The first-order valence-electron chi connectivity index (χ1n) is 10.5. The fourth-order valence-electron chi connectivity index (χ4n) is 3.64. The van der Waals surface area contributed by atoms with Gasteiger partial charge in [-0.2, -0.15) is 0 Å². The lowest BCUT2D eigenvalue weighted by atomic mass is 9.99. The standard InChI is InChI=1S/C23H30F2N4O2/c1-4-26-23(28-14-17-11-19(24)5-6-20(17)25)27-8-10-29-9-7-16-12-21(30-2)22(31-3)13-18(16)15-29/h5-6,11-13H,4,7-10,14-15H2,1-3H3,(H2,26,27,28). The average Bonchev–Trinajstić information content (AvgIpc) is 2.78. The van der Waals surface area contributed by atoms with Gasteiger partial charge in [0.05, 0.1) is 20.8 Å². The molecule has 0 atom stereocenters. The predicted octanol–water partition coefficient (Wildman–Crippen LogP) is 3.10. The van der Waals surface area contributed by atoms with E-state index >= 15 is 0 Å². The number of ether oxygens (including phenoxy) is 2. The van der Waals surface area contributed by atoms with E-state index in [0.717, 1.165) is 49.7 Å². The fraction of sp³-hybridized carbons (Fsp3) is 0.435. The molecule has 0 saturated carbocycles. The Labute approximate surface area is 182 Å². The predicted molar refractivity (Wildman–Crippen MR) is 118 cm³/mol. The van der Waals surface area contributed by atoms with Crippen LogP contribution < -0.4 is 20.1 Å². The number of benzene rings is 2. The van der Waals surface area contributed by atoms with Crippen molar-refractivity contribution in [2.24, 2.45) is 4.99 Å². The Balaban J connectivity index is 1.56. The van der Waals surface area contributed by atoms with Gasteiger partial charge in [0.25, 0.3) is 0 Å². The first-order valence-corrected chi connectivity index (χ1v) is 10.5. The van der Waals surface area contributed by atoms with E-state index in [2.05, 4.69) is 26.6 Å². The van der Waals surface area contributed by atoms with Crippen LogP contribution in [0.25, 0.3) is 0 Å². The molecule has 0 unspecified atom stereocenters. The van der Waals surface area contributed by atoms with Crippen molar-refractivity contribution in [3.8, 4) is 11.5 Å². The first kappa shape index (κ1) is 22.8. The number of nitrogens with zero attached hydrogens (tertiary/aromatic N) is 2. The second-order valence-corrected chi connectivity index (χ2v) is 7.36. The van der Waals surface area contributed by atoms with Crippen molar-refractivity contribution in [2.75, 3.05) is 40.4 Å². The number of hydrogen-bond donors (Lipinski definition) is 2. The van der Waals surface area contributed by atoms with Crippen LogP contribution in [0.1, 0.15) is 23.6 Å². The maximum absolute atomic E-state index is 13.8. The number of fused-ring (bicyclic) bond motifs is 1. The van der Waals surface area contributed by atoms with Gasteiger partial charge in [-0.05, 0) is 54.8 Å². The molecule has 0 amide bonds. The van der Waals surface area contributed by atoms with Crippen LogP contribution in [0.2, 0.25) is 0 Å². The van der Waals surface area contributed by atoms with Crippen molar-refractivity contribution in [3.05, 3.63) is 58.7 Å². The summed E-state index contributed by atoms with van der Waals surface area (Å²) < 4.78 is 38.0. The van der Waals surface area contributed by atoms with Gasteiger partial charge in [-0.3, -0.25) is 4.90 Å². The Morgan fingerprint density at radius 3 is 2.52 bits per heavy atom. The Morgan fingerprint density at radius 1 is 1.06 bits per heavy atom. The number of guanidine groups is 1. The van der Waals surface area contributed by atoms with Gasteiger partial charge in [-0.25, -0.2) is 13.8 Å². The highest BCUT2D eigenvalue weighted by molar-refractivity contribution is 5.79. The topological polar surface area (TPSA) is 58.1 Å². The highest BCUT2D eigenvalue weighted by atomic mass is 19.1. The summed E-state index contributed by atoms with van der Waals surface area (Å²) in [4.78, 5) is 6.74. The van der Waals surface area contributed by atoms with Crippen LogP contribution in [-0.2, 0) is 19.5 Å². The molecule has 0 aromatic heterocycles. The number of hydrogen-bond acceptors (Lipinski definition) is 4. The van der Waals surface area contributed by atoms with Crippen LogP contribution in [0.15, 0.2) is 35.3 Å². The smallest absolute Gasteiger partial charge is 0.191 e. The second-order valence-electron chi connectivity index (χ2n) is 7.36. The Hall–Kier alpha value is -2.87. The summed E-state index contributed by atoms with van der Waals surface area (Å²) in [6.07, 6.45) is 0.947. The van der Waals surface area contributed by atoms with Crippen molar-refractivity contribution >= 4 is 5.96 Å². The summed E-state index contributed by atoms with van der Waals surface area (Å²) >= 11 is 0. The highest BCUT2D eigenvalue weighted by Gasteiger charge is 2.19. The SMILES string of the molecule is CCNC(=NCc1cc(F)ccc1F)NCCN1CCc2cc(OC)c(OC)cc2C1. The molecule has 31 heavy (non-hydrogen) atoms. The molecule has 0 spiro atoms. The third kappa shape index (κ3) is 6.07. The molecule has 1 aliphatic rings. The molecule has 0 bridgehead atoms. The van der Waals surface area contributed by atoms with Crippen molar-refractivity contribution in [2.45, 2.75) is 26.4 Å². The molecule has 168 valence electrons. The van der Waals surface area contributed by atoms with Gasteiger partial charge in [-0.1, -0.05) is 0 Å². The molecule has 2 N–H and O–H groups in total. The van der Waals surface area contributed by atoms with Crippen molar-refractivity contribution in [3.63, 3.8) is 0 Å². The zero-order valence-corrected chi connectivity index (χ0v) is 18.3. The molecular formula is C23H30F2N4O2. The fourth-order valence-corrected chi connectivity index (χ4v) is 3.64. The van der Waals surface area contributed by atoms with Gasteiger partial charge >= 0.3 is 0 Å². The lowest BCUT2D eigenvalue weighted by molar-refractivity contribution is 0.256. The minimum absolute atomic E-state index is 0.0671. The van der Waals surface area contributed by atoms with E-state index in [-0.39, 0.29) is 12.1 Å². The zero-order valence-electron chi connectivity index (χ0n) is 18.3. The largest absolute Gasteiger partial charge is 0.493 e. The lowest BCUT2D eigenvalue weighted by Crippen LogP contribution is -2.42. The molecule has 1 heterocycles. The quantitative estimate of drug-likeness (QED) is 0.496. The zero-order chi connectivity index (χ0) is 22.2. The highest BCUT2D eigenvalue weighted by Crippen LogP contribution is 2.33. The molecule has 0 saturated heterocycles. The van der Waals surface area contributed by atoms with Gasteiger partial charge in [0, 0.05) is 38.3 Å². The molecule has 0 radical (unpaired) electrons. The van der Waals surface area contributed by atoms with Gasteiger partial charge in [0.2, 0.25) is 0 Å². The van der Waals surface area contributed by atoms with E-state index in [9.17, 15) is 8.78 Å². The van der Waals surface area contributed by atoms with Crippen molar-refractivity contribution in [1.82, 2.24) is 15.5 Å². The van der Waals surface area contributed by atoms with Crippen LogP contribution in [0.3, 0.4) is 0 Å². The molecule has 0 fully saturated rings. The third-order valence-corrected chi connectivity index (χ3v) is 5.28. The summed E-state index contributed by atoms with van der Waals surface area (Å²) in [5.41, 5.74) is 2.76. The molecule has 8 heteroatoms. The van der Waals surface area contributed by atoms with Gasteiger partial charge < -0.3 is 20.1 Å². The molecule has 3 rings (SSSR count). The minimum atomic E-state index is -0.468. The maximum atomic E-state index is 13.8. The summed E-state index contributed by atoms with van der Waals surface area (Å²) in [6.45, 7) is 6.00. The molecule has 0 aliphatic carbocycles. The summed E-state index contributed by atoms with van der Waals surface area (Å²) in [5, 5.41) is 6.42. The monoisotopic (exact) mass is 432 g/mol. The summed E-state index contributed by atoms with van der Waals surface area (Å²) in [7, 11) is 3.29. The van der Waals surface area contributed by atoms with E-state index in [4.69, 9.17) is 9.47 Å². The Kier molecular flexibility index (Phi) is 8.06. The van der Waals surface area contributed by atoms with Crippen LogP contribution in [-0.4, -0.2) is 51.3 Å². The van der Waals surface area contributed by atoms with E-state index in [0.29, 0.717) is 19.0 Å². The molecule has 2 aromatic rings. The average molecular weight is 433 g/mol.